The largest absolute Gasteiger partial charge is 1.00 e. The third-order valence-electron chi connectivity index (χ3n) is 18.0. The van der Waals surface area contributed by atoms with E-state index in [0.29, 0.717) is 91.0 Å². The molecule has 3 aliphatic heterocycles. The summed E-state index contributed by atoms with van der Waals surface area (Å²) in [5.41, 5.74) is 14.3. The van der Waals surface area contributed by atoms with Crippen LogP contribution in [0.5, 0.6) is 0 Å². The number of imidazole rings is 4. The second kappa shape index (κ2) is 41.7. The van der Waals surface area contributed by atoms with E-state index in [1.54, 1.807) is 47.8 Å². The average molecular weight is 1760 g/mol. The van der Waals surface area contributed by atoms with Gasteiger partial charge in [0.25, 0.3) is 11.4 Å². The summed E-state index contributed by atoms with van der Waals surface area (Å²) in [6.07, 6.45) is 20.4. The number of rotatable bonds is 11. The molecule has 0 aliphatic carbocycles. The average Bonchev–Trinajstić information content (AvgIpc) is 1.61. The minimum Gasteiger partial charge on any atom is -0.693 e. The molecule has 3 fully saturated rings. The first-order valence-electron chi connectivity index (χ1n) is 35.0. The number of benzene rings is 8. The van der Waals surface area contributed by atoms with Crippen molar-refractivity contribution in [3.05, 3.63) is 271 Å². The Hall–Kier alpha value is -11.3. The van der Waals surface area contributed by atoms with Crippen molar-refractivity contribution >= 4 is 119 Å². The van der Waals surface area contributed by atoms with Gasteiger partial charge in [-0.1, -0.05) is 6.07 Å². The van der Waals surface area contributed by atoms with Gasteiger partial charge in [-0.3, -0.25) is 20.2 Å². The third kappa shape index (κ3) is 22.1. The van der Waals surface area contributed by atoms with E-state index in [9.17, 15) is 55.4 Å². The zero-order valence-electron chi connectivity index (χ0n) is 61.7. The molecule has 6 aromatic heterocycles. The van der Waals surface area contributed by atoms with Crippen LogP contribution in [0.15, 0.2) is 176 Å². The van der Waals surface area contributed by atoms with Gasteiger partial charge in [-0.2, -0.15) is 5.26 Å². The summed E-state index contributed by atoms with van der Waals surface area (Å²) in [7, 11) is -1.89. The number of nitriles is 1. The molecule has 17 rings (SSSR count). The van der Waals surface area contributed by atoms with E-state index >= 15 is 0 Å². The predicted octanol–water partition coefficient (Wildman–Crippen LogP) is 15.2. The number of hydrogen-bond acceptors (Lipinski definition) is 20. The first-order chi connectivity index (χ1) is 55.4. The number of halogens is 10. The van der Waals surface area contributed by atoms with Crippen LogP contribution in [-0.2, 0) is 31.3 Å². The van der Waals surface area contributed by atoms with Crippen LogP contribution in [0.3, 0.4) is 0 Å². The zero-order valence-corrected chi connectivity index (χ0v) is 67.2. The van der Waals surface area contributed by atoms with Crippen LogP contribution in [0.1, 0.15) is 82.0 Å². The fraction of sp³-hybridized carbons (Fsp3) is 0.195. The molecule has 0 amide bonds. The topological polar surface area (TPSA) is 388 Å². The number of nitrogens with one attached hydrogen (secondary N) is 2. The van der Waals surface area contributed by atoms with Gasteiger partial charge in [-0.25, -0.2) is 79.8 Å². The maximum Gasteiger partial charge on any atom is 1.00 e. The number of nitrogens with two attached hydrogens (primary N) is 2. The summed E-state index contributed by atoms with van der Waals surface area (Å²) < 4.78 is 131. The third-order valence-corrected chi connectivity index (χ3v) is 18.8. The van der Waals surface area contributed by atoms with E-state index in [1.165, 1.54) is 79.6 Å². The molecular formula is C77H63BBrClF8FeN19NaO9. The second-order valence-corrected chi connectivity index (χ2v) is 26.8. The Balaban J connectivity index is 0.000000166. The van der Waals surface area contributed by atoms with E-state index in [4.69, 9.17) is 53.4 Å². The molecule has 9 heterocycles. The van der Waals surface area contributed by atoms with Gasteiger partial charge in [0.15, 0.2) is 0 Å². The van der Waals surface area contributed by atoms with Crippen LogP contribution in [-0.4, -0.2) is 105 Å². The quantitative estimate of drug-likeness (QED) is 0.0153. The van der Waals surface area contributed by atoms with Gasteiger partial charge in [-0.05, 0) is 152 Å². The minimum absolute atomic E-state index is 0. The van der Waals surface area contributed by atoms with Gasteiger partial charge in [-0.15, -0.1) is 0 Å². The number of fused-ring (bicyclic) bond motifs is 4. The number of aromatic nitrogens is 12. The molecule has 3 atom stereocenters. The number of nitro benzene ring substituents is 2. The predicted molar refractivity (Wildman–Crippen MR) is 418 cm³/mol. The van der Waals surface area contributed by atoms with Crippen molar-refractivity contribution in [1.82, 2.24) is 58.6 Å². The summed E-state index contributed by atoms with van der Waals surface area (Å²) in [5, 5.41) is 50.7. The van der Waals surface area contributed by atoms with Gasteiger partial charge in [0.2, 0.25) is 16.9 Å². The molecule has 8 aromatic carbocycles. The number of nitrogen functional groups attached to an aromatic ring is 1. The summed E-state index contributed by atoms with van der Waals surface area (Å²) in [6.45, 7) is 8.96. The standard InChI is InChI=1S/C18H10F2N6.C18H15F2N3O3.C18H17F2N3O.C12H12BrN3O3.C6H5BF2O2.C5H2ClN3.Fe.H2N.Na/c1-21-12-7-22-18(23-8-12)26-11-5-14(17-16(6-11)24-9-25-17)13-3-2-10(19)4-15(13)20;19-11-4-5-13(15(20)7-11)14-8-12(23(24)25)9-16-18(14)21-10-22(16)17-3-1-2-6-26-17;19-11-4-5-13(15(20)7-11)14-8-12(21)9-16-18(14)22-10-23(16)17-3-1-2-6-24-17;13-9-5-8(16(17)18)6-10-12(9)14-7-15(10)11-3-1-2-4-19-11;8-4-1-2-5(7(10)11)6(9)3-4;6-5-8-2-4(1-7)3-9-5;;;/h2-9H,(H,24,25)(H,22,23,26);4-5,7-10,17H,1-3,6H2;4-5,7-10,17H,1-3,6,21H2;5-7,11H,1-4H2;1-3,10-11H;2-3H;;1H2;/q;;;;;;;-1;+1. The van der Waals surface area contributed by atoms with Crippen LogP contribution in [0.25, 0.3) is 88.5 Å². The molecule has 3 unspecified atom stereocenters. The monoisotopic (exact) mass is 1750 g/mol. The summed E-state index contributed by atoms with van der Waals surface area (Å²) in [6, 6.07) is 27.1. The number of aromatic amines is 1. The van der Waals surface area contributed by atoms with Gasteiger partial charge < -0.3 is 60.1 Å². The van der Waals surface area contributed by atoms with Crippen molar-refractivity contribution in [3.63, 3.8) is 0 Å². The number of ether oxygens (including phenoxy) is 3. The van der Waals surface area contributed by atoms with Crippen molar-refractivity contribution in [2.45, 2.75) is 76.5 Å². The summed E-state index contributed by atoms with van der Waals surface area (Å²) >= 11 is 8.67. The SMILES string of the molecule is N#Cc1cnc(Cl)nc1.Nc1cc(-c2ccc(F)cc2F)c2ncn(C3CCCCO3)c2c1.O=[N+]([O-])c1cc(-c2ccc(F)cc2F)c2ncn(C3CCCCO3)c2c1.O=[N+]([O-])c1cc(Br)c2ncn(C3CCCCO3)c2c1.OB(O)c1ccc(F)cc1F.[C-]#[N+]c1cnc(Nc2cc(-c3ccc(F)cc3F)c3nc[nH]c3c2)nc1.[Fe].[NH2-].[Na+]. The molecular weight excluding hydrogens is 1690 g/mol. The van der Waals surface area contributed by atoms with Crippen LogP contribution < -0.4 is 46.1 Å². The molecule has 3 aliphatic rings. The van der Waals surface area contributed by atoms with Crippen LogP contribution >= 0.6 is 27.5 Å². The Morgan fingerprint density at radius 2 is 1.00 bits per heavy atom. The Morgan fingerprint density at radius 1 is 0.568 bits per heavy atom. The molecule has 14 aromatic rings. The first kappa shape index (κ1) is 90.6. The molecule has 0 bridgehead atoms. The van der Waals surface area contributed by atoms with Crippen molar-refractivity contribution in [3.8, 4) is 39.4 Å². The van der Waals surface area contributed by atoms with Gasteiger partial charge in [0.05, 0.1) is 90.4 Å². The van der Waals surface area contributed by atoms with Crippen molar-refractivity contribution < 1.29 is 116 Å². The van der Waals surface area contributed by atoms with E-state index in [0.717, 1.165) is 117 Å². The molecule has 28 nitrogen and oxygen atoms in total. The second-order valence-electron chi connectivity index (χ2n) is 25.6. The number of nitro groups is 2. The van der Waals surface area contributed by atoms with E-state index in [1.807, 2.05) is 21.3 Å². The Bertz CT molecular complexity index is 5980. The summed E-state index contributed by atoms with van der Waals surface area (Å²) in [4.78, 5) is 60.2. The molecule has 118 heavy (non-hydrogen) atoms. The molecule has 41 heteroatoms. The maximum atomic E-state index is 14.3. The van der Waals surface area contributed by atoms with E-state index < -0.39 is 63.5 Å². The molecule has 0 radical (unpaired) electrons. The van der Waals surface area contributed by atoms with Crippen molar-refractivity contribution in [1.29, 1.82) is 5.26 Å². The molecule has 0 spiro atoms. The molecule has 8 N–H and O–H groups in total. The summed E-state index contributed by atoms with van der Waals surface area (Å²) in [5.74, 6) is -5.49. The van der Waals surface area contributed by atoms with Gasteiger partial charge >= 0.3 is 36.7 Å². The van der Waals surface area contributed by atoms with Crippen LogP contribution in [0.4, 0.5) is 69.5 Å². The fourth-order valence-electron chi connectivity index (χ4n) is 12.6. The maximum absolute atomic E-state index is 14.3. The first-order valence-corrected chi connectivity index (χ1v) is 36.1. The number of anilines is 3. The fourth-order valence-corrected chi connectivity index (χ4v) is 13.2. The van der Waals surface area contributed by atoms with Gasteiger partial charge in [0, 0.05) is 160 Å². The number of H-pyrrole nitrogens is 1. The number of non-ortho nitro benzene ring substituents is 2. The molecule has 602 valence electrons. The van der Waals surface area contributed by atoms with Crippen molar-refractivity contribution in [2.75, 3.05) is 30.9 Å². The minimum atomic E-state index is -1.89. The zero-order chi connectivity index (χ0) is 81.6. The van der Waals surface area contributed by atoms with Crippen LogP contribution in [0.2, 0.25) is 5.28 Å². The smallest absolute Gasteiger partial charge is 0.693 e. The Labute approximate surface area is 711 Å². The molecule has 3 saturated heterocycles. The molecule has 0 saturated carbocycles. The van der Waals surface area contributed by atoms with Gasteiger partial charge in [0.1, 0.15) is 76.8 Å². The van der Waals surface area contributed by atoms with E-state index in [2.05, 4.69) is 70.9 Å². The van der Waals surface area contributed by atoms with E-state index in [-0.39, 0.29) is 116 Å². The number of nitrogens with zero attached hydrogens (tertiary/aromatic N) is 15. The normalized spacial score (nSPS) is 14.6. The van der Waals surface area contributed by atoms with Crippen LogP contribution in [0, 0.1) is 84.7 Å². The Kier molecular flexibility index (Phi) is 32.0. The van der Waals surface area contributed by atoms with Crippen molar-refractivity contribution in [2.24, 2.45) is 0 Å². The Morgan fingerprint density at radius 3 is 1.43 bits per heavy atom. The number of hydrogen-bond donors (Lipinski definition) is 5.